The maximum Gasteiger partial charge on any atom is 0.159 e. The zero-order chi connectivity index (χ0) is 9.84. The maximum absolute atomic E-state index is 11.2. The van der Waals surface area contributed by atoms with Gasteiger partial charge in [0.1, 0.15) is 0 Å². The quantitative estimate of drug-likeness (QED) is 0.561. The van der Waals surface area contributed by atoms with Gasteiger partial charge >= 0.3 is 0 Å². The zero-order valence-electron chi connectivity index (χ0n) is 8.61. The van der Waals surface area contributed by atoms with E-state index in [2.05, 4.69) is 25.7 Å². The Morgan fingerprint density at radius 3 is 2.54 bits per heavy atom. The van der Waals surface area contributed by atoms with Crippen molar-refractivity contribution in [3.63, 3.8) is 0 Å². The van der Waals surface area contributed by atoms with Crippen LogP contribution in [0.2, 0.25) is 0 Å². The van der Waals surface area contributed by atoms with Crippen LogP contribution < -0.4 is 0 Å². The molecule has 0 saturated carbocycles. The number of ketones is 1. The van der Waals surface area contributed by atoms with Crippen molar-refractivity contribution < 1.29 is 4.79 Å². The third kappa shape index (κ3) is 2.73. The van der Waals surface area contributed by atoms with E-state index in [1.54, 1.807) is 0 Å². The van der Waals surface area contributed by atoms with Gasteiger partial charge in [-0.2, -0.15) is 0 Å². The average Bonchev–Trinajstić information content (AvgIpc) is 2.35. The van der Waals surface area contributed by atoms with E-state index in [0.29, 0.717) is 12.3 Å². The van der Waals surface area contributed by atoms with Crippen LogP contribution in [0, 0.1) is 17.8 Å². The lowest BCUT2D eigenvalue weighted by molar-refractivity contribution is -0.114. The summed E-state index contributed by atoms with van der Waals surface area (Å²) in [6.45, 7) is 6.18. The minimum atomic E-state index is 0.272. The Balaban J connectivity index is 2.62. The van der Waals surface area contributed by atoms with E-state index in [4.69, 9.17) is 0 Å². The molecule has 0 atom stereocenters. The molecule has 1 aliphatic rings. The van der Waals surface area contributed by atoms with Crippen LogP contribution in [0.5, 0.6) is 0 Å². The van der Waals surface area contributed by atoms with E-state index in [-0.39, 0.29) is 5.78 Å². The number of Topliss-reactive ketones (excluding diaryl/α,β-unsaturated/α-hetero) is 1. The molecule has 1 rings (SSSR count). The molecule has 0 fully saturated rings. The van der Waals surface area contributed by atoms with Crippen molar-refractivity contribution in [1.82, 2.24) is 0 Å². The summed E-state index contributed by atoms with van der Waals surface area (Å²) in [4.78, 5) is 11.2. The molecule has 0 saturated heterocycles. The Hall–Kier alpha value is -1.03. The van der Waals surface area contributed by atoms with Gasteiger partial charge in [0.25, 0.3) is 0 Å². The second kappa shape index (κ2) is 4.28. The highest BCUT2D eigenvalue weighted by Crippen LogP contribution is 2.21. The van der Waals surface area contributed by atoms with Gasteiger partial charge in [0, 0.05) is 24.0 Å². The maximum atomic E-state index is 11.2. The van der Waals surface area contributed by atoms with Gasteiger partial charge in [-0.25, -0.2) is 0 Å². The van der Waals surface area contributed by atoms with E-state index in [9.17, 15) is 4.79 Å². The summed E-state index contributed by atoms with van der Waals surface area (Å²) in [5, 5.41) is 0. The lowest BCUT2D eigenvalue weighted by atomic mass is 10.1. The number of carbonyl (C=O) groups is 1. The third-order valence-electron chi connectivity index (χ3n) is 2.22. The van der Waals surface area contributed by atoms with Crippen molar-refractivity contribution in [3.8, 4) is 11.8 Å². The van der Waals surface area contributed by atoms with E-state index in [1.807, 2.05) is 6.92 Å². The fourth-order valence-corrected chi connectivity index (χ4v) is 1.30. The van der Waals surface area contributed by atoms with Gasteiger partial charge < -0.3 is 0 Å². The third-order valence-corrected chi connectivity index (χ3v) is 2.22. The highest BCUT2D eigenvalue weighted by molar-refractivity contribution is 5.99. The van der Waals surface area contributed by atoms with Crippen LogP contribution in [0.25, 0.3) is 0 Å². The number of allylic oxidation sites excluding steroid dienone is 2. The molecule has 13 heavy (non-hydrogen) atoms. The first-order valence-corrected chi connectivity index (χ1v) is 4.83. The van der Waals surface area contributed by atoms with E-state index < -0.39 is 0 Å². The topological polar surface area (TPSA) is 17.1 Å². The van der Waals surface area contributed by atoms with Gasteiger partial charge in [-0.15, -0.1) is 0 Å². The molecule has 70 valence electrons. The summed E-state index contributed by atoms with van der Waals surface area (Å²) in [5.41, 5.74) is 1.95. The standard InChI is InChI=1S/C12H16O/c1-9(2)5-4-6-11-7-8-12(13)10(11)3/h9H,5,7-8H2,1-3H3. The number of carbonyl (C=O) groups excluding carboxylic acids is 1. The van der Waals surface area contributed by atoms with E-state index in [1.165, 1.54) is 0 Å². The molecular weight excluding hydrogens is 160 g/mol. The van der Waals surface area contributed by atoms with Crippen molar-refractivity contribution in [2.45, 2.75) is 40.0 Å². The van der Waals surface area contributed by atoms with Gasteiger partial charge in [-0.3, -0.25) is 4.79 Å². The Morgan fingerprint density at radius 2 is 2.08 bits per heavy atom. The molecule has 0 aromatic heterocycles. The molecule has 0 aromatic carbocycles. The molecule has 0 heterocycles. The van der Waals surface area contributed by atoms with Crippen LogP contribution in [0.4, 0.5) is 0 Å². The monoisotopic (exact) mass is 176 g/mol. The van der Waals surface area contributed by atoms with Crippen molar-refractivity contribution in [2.75, 3.05) is 0 Å². The molecule has 0 aromatic rings. The molecule has 0 radical (unpaired) electrons. The number of hydrogen-bond acceptors (Lipinski definition) is 1. The van der Waals surface area contributed by atoms with Crippen LogP contribution in [0.15, 0.2) is 11.1 Å². The molecule has 1 aliphatic carbocycles. The summed E-state index contributed by atoms with van der Waals surface area (Å²) >= 11 is 0. The highest BCUT2D eigenvalue weighted by Gasteiger charge is 2.16. The van der Waals surface area contributed by atoms with Crippen molar-refractivity contribution in [1.29, 1.82) is 0 Å². The molecular formula is C12H16O. The molecule has 0 N–H and O–H groups in total. The molecule has 0 unspecified atom stereocenters. The Kier molecular flexibility index (Phi) is 3.31. The summed E-state index contributed by atoms with van der Waals surface area (Å²) in [5.74, 6) is 7.11. The fourth-order valence-electron chi connectivity index (χ4n) is 1.30. The lowest BCUT2D eigenvalue weighted by Crippen LogP contribution is -1.89. The predicted octanol–water partition coefficient (Wildman–Crippen LogP) is 2.72. The first-order chi connectivity index (χ1) is 6.11. The number of hydrogen-bond donors (Lipinski definition) is 0. The Bertz CT molecular complexity index is 297. The van der Waals surface area contributed by atoms with Crippen molar-refractivity contribution >= 4 is 5.78 Å². The van der Waals surface area contributed by atoms with Crippen LogP contribution in [-0.4, -0.2) is 5.78 Å². The fraction of sp³-hybridized carbons (Fsp3) is 0.583. The minimum absolute atomic E-state index is 0.272. The first-order valence-electron chi connectivity index (χ1n) is 4.83. The van der Waals surface area contributed by atoms with E-state index >= 15 is 0 Å². The summed E-state index contributed by atoms with van der Waals surface area (Å²) < 4.78 is 0. The van der Waals surface area contributed by atoms with Gasteiger partial charge in [0.2, 0.25) is 0 Å². The first kappa shape index (κ1) is 10.1. The van der Waals surface area contributed by atoms with Gasteiger partial charge in [0.15, 0.2) is 5.78 Å². The second-order valence-electron chi connectivity index (χ2n) is 3.93. The normalized spacial score (nSPS) is 16.5. The zero-order valence-corrected chi connectivity index (χ0v) is 8.61. The SMILES string of the molecule is CC1=C(C#CCC(C)C)CCC1=O. The van der Waals surface area contributed by atoms with Gasteiger partial charge in [-0.1, -0.05) is 25.7 Å². The molecule has 0 aliphatic heterocycles. The largest absolute Gasteiger partial charge is 0.295 e. The van der Waals surface area contributed by atoms with Crippen LogP contribution in [0.3, 0.4) is 0 Å². The van der Waals surface area contributed by atoms with Gasteiger partial charge in [0.05, 0.1) is 0 Å². The summed E-state index contributed by atoms with van der Waals surface area (Å²) in [6, 6.07) is 0. The van der Waals surface area contributed by atoms with Gasteiger partial charge in [-0.05, 0) is 19.3 Å². The van der Waals surface area contributed by atoms with Crippen LogP contribution >= 0.6 is 0 Å². The van der Waals surface area contributed by atoms with Crippen molar-refractivity contribution in [2.24, 2.45) is 5.92 Å². The second-order valence-corrected chi connectivity index (χ2v) is 3.93. The smallest absolute Gasteiger partial charge is 0.159 e. The molecule has 0 spiro atoms. The summed E-state index contributed by atoms with van der Waals surface area (Å²) in [7, 11) is 0. The average molecular weight is 176 g/mol. The Labute approximate surface area is 80.2 Å². The molecule has 1 nitrogen and oxygen atoms in total. The lowest BCUT2D eigenvalue weighted by Gasteiger charge is -1.94. The molecule has 1 heteroatoms. The number of rotatable bonds is 1. The van der Waals surface area contributed by atoms with E-state index in [0.717, 1.165) is 24.0 Å². The summed E-state index contributed by atoms with van der Waals surface area (Å²) in [6.07, 6.45) is 2.44. The molecule has 0 bridgehead atoms. The predicted molar refractivity (Wildman–Crippen MR) is 54.2 cm³/mol. The van der Waals surface area contributed by atoms with Crippen LogP contribution in [0.1, 0.15) is 40.0 Å². The molecule has 0 amide bonds. The minimum Gasteiger partial charge on any atom is -0.295 e. The highest BCUT2D eigenvalue weighted by atomic mass is 16.1. The Morgan fingerprint density at radius 1 is 1.38 bits per heavy atom. The van der Waals surface area contributed by atoms with Crippen molar-refractivity contribution in [3.05, 3.63) is 11.1 Å². The van der Waals surface area contributed by atoms with Crippen LogP contribution in [-0.2, 0) is 4.79 Å².